The molecule has 1 atom stereocenters. The Hall–Kier alpha value is -1.46. The molecule has 6 heteroatoms. The van der Waals surface area contributed by atoms with Crippen LogP contribution in [0.15, 0.2) is 18.2 Å². The molecule has 1 N–H and O–H groups in total. The lowest BCUT2D eigenvalue weighted by Gasteiger charge is -2.33. The van der Waals surface area contributed by atoms with Crippen molar-refractivity contribution in [2.45, 2.75) is 19.9 Å². The van der Waals surface area contributed by atoms with Crippen LogP contribution in [0, 0.1) is 0 Å². The third-order valence-electron chi connectivity index (χ3n) is 4.37. The Morgan fingerprint density at radius 1 is 1.36 bits per heavy atom. The number of nitrogens with one attached hydrogen (secondary N) is 1. The lowest BCUT2D eigenvalue weighted by atomic mass is 10.1. The summed E-state index contributed by atoms with van der Waals surface area (Å²) in [5.41, 5.74) is 1.81. The van der Waals surface area contributed by atoms with Gasteiger partial charge in [0.05, 0.1) is 11.6 Å². The third kappa shape index (κ3) is 3.01. The van der Waals surface area contributed by atoms with Crippen molar-refractivity contribution in [1.29, 1.82) is 0 Å². The molecule has 1 fully saturated rings. The number of hydrogen-bond donors (Lipinski definition) is 1. The largest absolute Gasteiger partial charge is 0.490 e. The van der Waals surface area contributed by atoms with Crippen molar-refractivity contribution in [3.8, 4) is 5.75 Å². The van der Waals surface area contributed by atoms with E-state index >= 15 is 0 Å². The Kier molecular flexibility index (Phi) is 5.53. The molecule has 2 heterocycles. The molecule has 0 radical (unpaired) electrons. The second-order valence-electron chi connectivity index (χ2n) is 5.52. The van der Waals surface area contributed by atoms with Gasteiger partial charge < -0.3 is 19.9 Å². The maximum absolute atomic E-state index is 12.7. The fraction of sp³-hybridized carbons (Fsp3) is 0.562. The zero-order chi connectivity index (χ0) is 14.8. The highest BCUT2D eigenvalue weighted by Gasteiger charge is 2.32. The quantitative estimate of drug-likeness (QED) is 0.920. The smallest absolute Gasteiger partial charge is 0.258 e. The predicted octanol–water partition coefficient (Wildman–Crippen LogP) is 1.76. The van der Waals surface area contributed by atoms with Crippen molar-refractivity contribution < 1.29 is 9.53 Å². The first-order valence-corrected chi connectivity index (χ1v) is 7.78. The maximum atomic E-state index is 12.7. The highest BCUT2D eigenvalue weighted by atomic mass is 35.5. The van der Waals surface area contributed by atoms with Crippen LogP contribution in [0.2, 0.25) is 0 Å². The van der Waals surface area contributed by atoms with Crippen molar-refractivity contribution in [2.24, 2.45) is 0 Å². The Morgan fingerprint density at radius 3 is 2.86 bits per heavy atom. The Bertz CT molecular complexity index is 534. The average molecular weight is 326 g/mol. The summed E-state index contributed by atoms with van der Waals surface area (Å²) in [6, 6.07) is 6.08. The van der Waals surface area contributed by atoms with E-state index in [-0.39, 0.29) is 24.4 Å². The van der Waals surface area contributed by atoms with E-state index in [1.54, 1.807) is 0 Å². The summed E-state index contributed by atoms with van der Waals surface area (Å²) < 4.78 is 5.94. The number of benzene rings is 1. The summed E-state index contributed by atoms with van der Waals surface area (Å²) in [5, 5.41) is 3.32. The second kappa shape index (κ2) is 7.20. The molecule has 0 aromatic heterocycles. The maximum Gasteiger partial charge on any atom is 0.258 e. The summed E-state index contributed by atoms with van der Waals surface area (Å²) in [4.78, 5) is 16.9. The molecular formula is C16H24ClN3O2. The Balaban J connectivity index is 0.00000176. The van der Waals surface area contributed by atoms with Crippen LogP contribution in [0.5, 0.6) is 5.75 Å². The van der Waals surface area contributed by atoms with Crippen LogP contribution in [0.3, 0.4) is 0 Å². The SMILES string of the molecule is CCN(CC)c1ccc2c(c1)OCC1CNCCN1C2=O.Cl. The number of anilines is 1. The van der Waals surface area contributed by atoms with E-state index in [2.05, 4.69) is 24.1 Å². The minimum atomic E-state index is 0. The van der Waals surface area contributed by atoms with E-state index < -0.39 is 0 Å². The molecule has 0 saturated carbocycles. The molecule has 1 aromatic rings. The first-order chi connectivity index (χ1) is 10.2. The highest BCUT2D eigenvalue weighted by molar-refractivity contribution is 5.98. The van der Waals surface area contributed by atoms with Crippen LogP contribution in [0.1, 0.15) is 24.2 Å². The van der Waals surface area contributed by atoms with Crippen LogP contribution in [-0.4, -0.2) is 56.2 Å². The molecule has 1 amide bonds. The van der Waals surface area contributed by atoms with E-state index in [1.165, 1.54) is 0 Å². The van der Waals surface area contributed by atoms with Gasteiger partial charge in [-0.2, -0.15) is 0 Å². The normalized spacial score (nSPS) is 20.2. The molecule has 3 rings (SSSR count). The molecule has 0 bridgehead atoms. The van der Waals surface area contributed by atoms with E-state index in [9.17, 15) is 4.79 Å². The van der Waals surface area contributed by atoms with Gasteiger partial charge in [-0.1, -0.05) is 0 Å². The van der Waals surface area contributed by atoms with Gasteiger partial charge in [-0.25, -0.2) is 0 Å². The Labute approximate surface area is 138 Å². The van der Waals surface area contributed by atoms with Gasteiger partial charge >= 0.3 is 0 Å². The van der Waals surface area contributed by atoms with Crippen LogP contribution >= 0.6 is 12.4 Å². The monoisotopic (exact) mass is 325 g/mol. The minimum Gasteiger partial charge on any atom is -0.490 e. The van der Waals surface area contributed by atoms with E-state index in [4.69, 9.17) is 4.74 Å². The molecule has 2 aliphatic rings. The first kappa shape index (κ1) is 16.9. The molecule has 1 aromatic carbocycles. The number of amides is 1. The van der Waals surface area contributed by atoms with Crippen LogP contribution in [-0.2, 0) is 0 Å². The summed E-state index contributed by atoms with van der Waals surface area (Å²) >= 11 is 0. The number of fused-ring (bicyclic) bond motifs is 2. The molecular weight excluding hydrogens is 302 g/mol. The van der Waals surface area contributed by atoms with Crippen molar-refractivity contribution in [2.75, 3.05) is 44.2 Å². The molecule has 1 unspecified atom stereocenters. The van der Waals surface area contributed by atoms with Crippen molar-refractivity contribution in [3.63, 3.8) is 0 Å². The van der Waals surface area contributed by atoms with E-state index in [0.717, 1.165) is 44.2 Å². The molecule has 5 nitrogen and oxygen atoms in total. The van der Waals surface area contributed by atoms with Crippen molar-refractivity contribution in [1.82, 2.24) is 10.2 Å². The van der Waals surface area contributed by atoms with E-state index in [0.29, 0.717) is 12.2 Å². The number of hydrogen-bond acceptors (Lipinski definition) is 4. The number of nitrogens with zero attached hydrogens (tertiary/aromatic N) is 2. The molecule has 0 spiro atoms. The molecule has 2 aliphatic heterocycles. The molecule has 22 heavy (non-hydrogen) atoms. The van der Waals surface area contributed by atoms with Crippen molar-refractivity contribution in [3.05, 3.63) is 23.8 Å². The van der Waals surface area contributed by atoms with Gasteiger partial charge in [0, 0.05) is 44.5 Å². The van der Waals surface area contributed by atoms with Crippen LogP contribution in [0.4, 0.5) is 5.69 Å². The van der Waals surface area contributed by atoms with Crippen LogP contribution in [0.25, 0.3) is 0 Å². The zero-order valence-corrected chi connectivity index (χ0v) is 14.0. The number of carbonyl (C=O) groups is 1. The van der Waals surface area contributed by atoms with Gasteiger partial charge in [0.2, 0.25) is 0 Å². The Morgan fingerprint density at radius 2 is 2.14 bits per heavy atom. The summed E-state index contributed by atoms with van der Waals surface area (Å²) in [6.45, 7) is 9.14. The number of piperazine rings is 1. The number of halogens is 1. The van der Waals surface area contributed by atoms with Gasteiger partial charge in [0.25, 0.3) is 5.91 Å². The lowest BCUT2D eigenvalue weighted by Crippen LogP contribution is -2.54. The van der Waals surface area contributed by atoms with Gasteiger partial charge in [0.1, 0.15) is 12.4 Å². The fourth-order valence-corrected chi connectivity index (χ4v) is 3.11. The standard InChI is InChI=1S/C16H23N3O2.ClH/c1-3-18(4-2)12-5-6-14-15(9-12)21-11-13-10-17-7-8-19(13)16(14)20;/h5-6,9,13,17H,3-4,7-8,10-11H2,1-2H3;1H. The molecule has 0 aliphatic carbocycles. The number of rotatable bonds is 3. The summed E-state index contributed by atoms with van der Waals surface area (Å²) in [7, 11) is 0. The second-order valence-corrected chi connectivity index (χ2v) is 5.52. The molecule has 122 valence electrons. The van der Waals surface area contributed by atoms with Gasteiger partial charge in [-0.3, -0.25) is 4.79 Å². The van der Waals surface area contributed by atoms with Gasteiger partial charge in [-0.05, 0) is 26.0 Å². The predicted molar refractivity (Wildman–Crippen MR) is 90.4 cm³/mol. The molecule has 1 saturated heterocycles. The van der Waals surface area contributed by atoms with Crippen molar-refractivity contribution >= 4 is 24.0 Å². The first-order valence-electron chi connectivity index (χ1n) is 7.78. The topological polar surface area (TPSA) is 44.8 Å². The van der Waals surface area contributed by atoms with Crippen LogP contribution < -0.4 is 15.0 Å². The zero-order valence-electron chi connectivity index (χ0n) is 13.2. The number of ether oxygens (including phenoxy) is 1. The number of carbonyl (C=O) groups excluding carboxylic acids is 1. The third-order valence-corrected chi connectivity index (χ3v) is 4.37. The average Bonchev–Trinajstić information content (AvgIpc) is 2.67. The highest BCUT2D eigenvalue weighted by Crippen LogP contribution is 2.30. The van der Waals surface area contributed by atoms with Gasteiger partial charge in [0.15, 0.2) is 0 Å². The van der Waals surface area contributed by atoms with E-state index in [1.807, 2.05) is 23.1 Å². The minimum absolute atomic E-state index is 0. The van der Waals surface area contributed by atoms with Gasteiger partial charge in [-0.15, -0.1) is 12.4 Å². The summed E-state index contributed by atoms with van der Waals surface area (Å²) in [6.07, 6.45) is 0. The lowest BCUT2D eigenvalue weighted by molar-refractivity contribution is 0.0606. The fourth-order valence-electron chi connectivity index (χ4n) is 3.11. The summed E-state index contributed by atoms with van der Waals surface area (Å²) in [5.74, 6) is 0.818.